The third-order valence-corrected chi connectivity index (χ3v) is 4.95. The predicted molar refractivity (Wildman–Crippen MR) is 93.4 cm³/mol. The van der Waals surface area contributed by atoms with E-state index in [2.05, 4.69) is 21.3 Å². The first-order chi connectivity index (χ1) is 11.3. The molecule has 0 spiro atoms. The van der Waals surface area contributed by atoms with E-state index in [9.17, 15) is 4.79 Å². The van der Waals surface area contributed by atoms with Gasteiger partial charge in [0.1, 0.15) is 0 Å². The number of nitrogens with zero attached hydrogens (tertiary/aromatic N) is 2. The summed E-state index contributed by atoms with van der Waals surface area (Å²) in [5, 5.41) is 3.15. The number of allylic oxidation sites excluding steroid dienone is 1. The number of carbonyl (C=O) groups is 1. The monoisotopic (exact) mass is 313 g/mol. The highest BCUT2D eigenvalue weighted by molar-refractivity contribution is 5.79. The van der Waals surface area contributed by atoms with E-state index < -0.39 is 0 Å². The molecule has 1 saturated heterocycles. The fourth-order valence-electron chi connectivity index (χ4n) is 3.60. The molecule has 0 saturated carbocycles. The van der Waals surface area contributed by atoms with E-state index in [4.69, 9.17) is 0 Å². The van der Waals surface area contributed by atoms with Gasteiger partial charge in [0.15, 0.2) is 0 Å². The lowest BCUT2D eigenvalue weighted by Crippen LogP contribution is -2.43. The highest BCUT2D eigenvalue weighted by Crippen LogP contribution is 2.23. The van der Waals surface area contributed by atoms with Gasteiger partial charge in [0.25, 0.3) is 0 Å². The van der Waals surface area contributed by atoms with E-state index >= 15 is 0 Å². The van der Waals surface area contributed by atoms with Crippen LogP contribution < -0.4 is 10.2 Å². The van der Waals surface area contributed by atoms with Gasteiger partial charge < -0.3 is 10.2 Å². The minimum Gasteiger partial charge on any atom is -0.371 e. The van der Waals surface area contributed by atoms with Crippen LogP contribution in [-0.2, 0) is 4.79 Å². The van der Waals surface area contributed by atoms with Gasteiger partial charge in [-0.2, -0.15) is 0 Å². The zero-order valence-electron chi connectivity index (χ0n) is 13.8. The molecular weight excluding hydrogens is 286 g/mol. The number of hydrogen-bond acceptors (Lipinski definition) is 3. The molecule has 0 bridgehead atoms. The van der Waals surface area contributed by atoms with E-state index in [0.717, 1.165) is 38.9 Å². The number of hydrogen-bond donors (Lipinski definition) is 1. The van der Waals surface area contributed by atoms with Gasteiger partial charge in [-0.3, -0.25) is 9.78 Å². The van der Waals surface area contributed by atoms with Crippen molar-refractivity contribution in [3.05, 3.63) is 36.2 Å². The molecule has 3 rings (SSSR count). The smallest absolute Gasteiger partial charge is 0.224 e. The first kappa shape index (κ1) is 16.0. The van der Waals surface area contributed by atoms with Crippen molar-refractivity contribution in [2.24, 2.45) is 5.92 Å². The third-order valence-electron chi connectivity index (χ3n) is 4.95. The Morgan fingerprint density at radius 1 is 1.26 bits per heavy atom. The number of amides is 1. The quantitative estimate of drug-likeness (QED) is 0.848. The molecule has 1 aliphatic carbocycles. The van der Waals surface area contributed by atoms with Crippen LogP contribution in [-0.4, -0.2) is 30.5 Å². The zero-order chi connectivity index (χ0) is 15.9. The summed E-state index contributed by atoms with van der Waals surface area (Å²) in [7, 11) is 0. The highest BCUT2D eigenvalue weighted by Gasteiger charge is 2.25. The molecule has 1 aliphatic heterocycles. The molecule has 0 aromatic carbocycles. The summed E-state index contributed by atoms with van der Waals surface area (Å²) >= 11 is 0. The molecular formula is C19H27N3O. The van der Waals surface area contributed by atoms with E-state index in [1.165, 1.54) is 36.9 Å². The molecule has 4 nitrogen and oxygen atoms in total. The Hall–Kier alpha value is -1.84. The van der Waals surface area contributed by atoms with Gasteiger partial charge in [0.05, 0.1) is 5.92 Å². The van der Waals surface area contributed by atoms with Gasteiger partial charge in [0.2, 0.25) is 5.91 Å². The van der Waals surface area contributed by atoms with Crippen LogP contribution in [0.3, 0.4) is 0 Å². The summed E-state index contributed by atoms with van der Waals surface area (Å²) in [6.45, 7) is 2.63. The highest BCUT2D eigenvalue weighted by atomic mass is 16.1. The summed E-state index contributed by atoms with van der Waals surface area (Å²) in [5.41, 5.74) is 2.70. The number of carbonyl (C=O) groups excluding carboxylic acids is 1. The second-order valence-corrected chi connectivity index (χ2v) is 6.64. The molecule has 1 atom stereocenters. The van der Waals surface area contributed by atoms with Crippen LogP contribution >= 0.6 is 0 Å². The van der Waals surface area contributed by atoms with Crippen molar-refractivity contribution in [3.63, 3.8) is 0 Å². The van der Waals surface area contributed by atoms with Crippen molar-refractivity contribution in [1.82, 2.24) is 10.3 Å². The molecule has 1 N–H and O–H groups in total. The minimum absolute atomic E-state index is 0.109. The summed E-state index contributed by atoms with van der Waals surface area (Å²) < 4.78 is 0. The Morgan fingerprint density at radius 3 is 2.91 bits per heavy atom. The predicted octanol–water partition coefficient (Wildman–Crippen LogP) is 3.30. The lowest BCUT2D eigenvalue weighted by molar-refractivity contribution is -0.125. The van der Waals surface area contributed by atoms with Crippen LogP contribution in [0.15, 0.2) is 36.2 Å². The molecule has 1 aromatic heterocycles. The average Bonchev–Trinajstić information content (AvgIpc) is 2.63. The number of piperidine rings is 1. The Balaban J connectivity index is 1.46. The Bertz CT molecular complexity index is 541. The first-order valence-corrected chi connectivity index (χ1v) is 8.93. The van der Waals surface area contributed by atoms with E-state index in [-0.39, 0.29) is 11.8 Å². The largest absolute Gasteiger partial charge is 0.371 e. The molecule has 23 heavy (non-hydrogen) atoms. The Labute approximate surface area is 139 Å². The summed E-state index contributed by atoms with van der Waals surface area (Å²) in [5.74, 6) is 0.331. The normalized spacial score (nSPS) is 21.7. The summed E-state index contributed by atoms with van der Waals surface area (Å²) in [4.78, 5) is 18.8. The van der Waals surface area contributed by atoms with Crippen LogP contribution in [0, 0.1) is 5.92 Å². The number of rotatable bonds is 5. The van der Waals surface area contributed by atoms with E-state index in [1.54, 1.807) is 0 Å². The molecule has 1 unspecified atom stereocenters. The maximum absolute atomic E-state index is 12.4. The van der Waals surface area contributed by atoms with Crippen molar-refractivity contribution >= 4 is 11.6 Å². The SMILES string of the molecule is O=C(NCCC1=CCCCC1)C1CCCN(c2ccncc2)C1. The second-order valence-electron chi connectivity index (χ2n) is 6.64. The van der Waals surface area contributed by atoms with Crippen molar-refractivity contribution in [3.8, 4) is 0 Å². The maximum Gasteiger partial charge on any atom is 0.224 e. The molecule has 2 aliphatic rings. The first-order valence-electron chi connectivity index (χ1n) is 8.93. The molecule has 124 valence electrons. The number of pyridine rings is 1. The van der Waals surface area contributed by atoms with Gasteiger partial charge in [-0.05, 0) is 57.1 Å². The fourth-order valence-corrected chi connectivity index (χ4v) is 3.60. The van der Waals surface area contributed by atoms with Crippen LogP contribution in [0.1, 0.15) is 44.9 Å². The number of nitrogens with one attached hydrogen (secondary N) is 1. The van der Waals surface area contributed by atoms with Gasteiger partial charge in [-0.1, -0.05) is 11.6 Å². The Morgan fingerprint density at radius 2 is 2.13 bits per heavy atom. The minimum atomic E-state index is 0.109. The Kier molecular flexibility index (Phi) is 5.67. The topological polar surface area (TPSA) is 45.2 Å². The molecule has 1 aromatic rings. The molecule has 1 amide bonds. The van der Waals surface area contributed by atoms with Crippen LogP contribution in [0.5, 0.6) is 0 Å². The molecule has 1 fully saturated rings. The van der Waals surface area contributed by atoms with Crippen molar-refractivity contribution in [2.45, 2.75) is 44.9 Å². The standard InChI is InChI=1S/C19H27N3O/c23-19(21-13-8-16-5-2-1-3-6-16)17-7-4-14-22(15-17)18-9-11-20-12-10-18/h5,9-12,17H,1-4,6-8,13-15H2,(H,21,23). The van der Waals surface area contributed by atoms with E-state index in [0.29, 0.717) is 0 Å². The summed E-state index contributed by atoms with van der Waals surface area (Å²) in [6, 6.07) is 4.05. The second kappa shape index (κ2) is 8.14. The summed E-state index contributed by atoms with van der Waals surface area (Å²) in [6.07, 6.45) is 14.2. The van der Waals surface area contributed by atoms with Crippen LogP contribution in [0.4, 0.5) is 5.69 Å². The average molecular weight is 313 g/mol. The van der Waals surface area contributed by atoms with Crippen molar-refractivity contribution < 1.29 is 4.79 Å². The number of anilines is 1. The number of aromatic nitrogens is 1. The van der Waals surface area contributed by atoms with Gasteiger partial charge >= 0.3 is 0 Å². The van der Waals surface area contributed by atoms with Gasteiger partial charge in [0, 0.05) is 37.7 Å². The lowest BCUT2D eigenvalue weighted by atomic mass is 9.95. The van der Waals surface area contributed by atoms with Crippen LogP contribution in [0.2, 0.25) is 0 Å². The van der Waals surface area contributed by atoms with E-state index in [1.807, 2.05) is 24.5 Å². The zero-order valence-corrected chi connectivity index (χ0v) is 13.8. The van der Waals surface area contributed by atoms with Crippen molar-refractivity contribution in [1.29, 1.82) is 0 Å². The molecule has 0 radical (unpaired) electrons. The third kappa shape index (κ3) is 4.57. The lowest BCUT2D eigenvalue weighted by Gasteiger charge is -2.33. The molecule has 2 heterocycles. The fraction of sp³-hybridized carbons (Fsp3) is 0.579. The van der Waals surface area contributed by atoms with Gasteiger partial charge in [-0.15, -0.1) is 0 Å². The maximum atomic E-state index is 12.4. The molecule has 4 heteroatoms. The van der Waals surface area contributed by atoms with Crippen molar-refractivity contribution in [2.75, 3.05) is 24.5 Å². The van der Waals surface area contributed by atoms with Gasteiger partial charge in [-0.25, -0.2) is 0 Å². The van der Waals surface area contributed by atoms with Crippen LogP contribution in [0.25, 0.3) is 0 Å².